The van der Waals surface area contributed by atoms with Crippen molar-refractivity contribution < 1.29 is 9.47 Å². The molecule has 3 nitrogen and oxygen atoms in total. The van der Waals surface area contributed by atoms with Crippen molar-refractivity contribution in [2.45, 2.75) is 64.7 Å². The van der Waals surface area contributed by atoms with Crippen molar-refractivity contribution in [1.29, 1.82) is 0 Å². The van der Waals surface area contributed by atoms with Crippen molar-refractivity contribution in [1.82, 2.24) is 5.32 Å². The highest BCUT2D eigenvalue weighted by Crippen LogP contribution is 2.19. The average Bonchev–Trinajstić information content (AvgIpc) is 2.53. The lowest BCUT2D eigenvalue weighted by molar-refractivity contribution is -0.105. The summed E-state index contributed by atoms with van der Waals surface area (Å²) in [6.45, 7) is 5.11. The van der Waals surface area contributed by atoms with Gasteiger partial charge in [-0.1, -0.05) is 38.3 Å². The lowest BCUT2D eigenvalue weighted by atomic mass is 10.2. The van der Waals surface area contributed by atoms with Gasteiger partial charge >= 0.3 is 0 Å². The molecule has 1 N–H and O–H groups in total. The van der Waals surface area contributed by atoms with Crippen molar-refractivity contribution in [2.75, 3.05) is 13.2 Å². The predicted octanol–water partition coefficient (Wildman–Crippen LogP) is 4.26. The molecular formula is C18H29NO2. The fourth-order valence-electron chi connectivity index (χ4n) is 2.55. The number of nitrogens with one attached hydrogen (secondary N) is 1. The van der Waals surface area contributed by atoms with Crippen LogP contribution in [0.2, 0.25) is 0 Å². The normalized spacial score (nSPS) is 18.6. The molecule has 1 saturated heterocycles. The number of ether oxygens (including phenoxy) is 2. The molecule has 118 valence electrons. The van der Waals surface area contributed by atoms with Crippen LogP contribution >= 0.6 is 0 Å². The zero-order valence-electron chi connectivity index (χ0n) is 13.3. The smallest absolute Gasteiger partial charge is 0.199 e. The number of hydrogen-bond acceptors (Lipinski definition) is 3. The Morgan fingerprint density at radius 2 is 2.00 bits per heavy atom. The molecule has 1 aliphatic rings. The fourth-order valence-corrected chi connectivity index (χ4v) is 2.55. The number of hydrogen-bond donors (Lipinski definition) is 1. The average molecular weight is 291 g/mol. The maximum atomic E-state index is 5.84. The van der Waals surface area contributed by atoms with Gasteiger partial charge in [0.2, 0.25) is 0 Å². The summed E-state index contributed by atoms with van der Waals surface area (Å²) in [5.41, 5.74) is 1.31. The Hall–Kier alpha value is -1.06. The highest BCUT2D eigenvalue weighted by molar-refractivity contribution is 5.27. The maximum absolute atomic E-state index is 5.84. The highest BCUT2D eigenvalue weighted by Gasteiger charge is 2.14. The Morgan fingerprint density at radius 3 is 2.71 bits per heavy atom. The van der Waals surface area contributed by atoms with Crippen LogP contribution in [0.5, 0.6) is 5.75 Å². The summed E-state index contributed by atoms with van der Waals surface area (Å²) in [5, 5.41) is 3.50. The second-order valence-corrected chi connectivity index (χ2v) is 5.80. The van der Waals surface area contributed by atoms with Gasteiger partial charge in [-0.15, -0.1) is 0 Å². The van der Waals surface area contributed by atoms with Gasteiger partial charge in [0.05, 0.1) is 6.61 Å². The lowest BCUT2D eigenvalue weighted by Crippen LogP contribution is -2.24. The summed E-state index contributed by atoms with van der Waals surface area (Å²) in [5.74, 6) is 0.911. The molecule has 1 aromatic rings. The zero-order valence-corrected chi connectivity index (χ0v) is 13.3. The van der Waals surface area contributed by atoms with E-state index in [9.17, 15) is 0 Å². The molecular weight excluding hydrogens is 262 g/mol. The van der Waals surface area contributed by atoms with E-state index in [1.807, 2.05) is 12.1 Å². The van der Waals surface area contributed by atoms with E-state index in [1.165, 1.54) is 37.7 Å². The largest absolute Gasteiger partial charge is 0.465 e. The van der Waals surface area contributed by atoms with Crippen LogP contribution in [0.3, 0.4) is 0 Å². The molecule has 0 aromatic heterocycles. The summed E-state index contributed by atoms with van der Waals surface area (Å²) in [6.07, 6.45) is 8.55. The molecule has 0 saturated carbocycles. The molecule has 21 heavy (non-hydrogen) atoms. The van der Waals surface area contributed by atoms with Crippen molar-refractivity contribution >= 4 is 0 Å². The molecule has 2 rings (SSSR count). The molecule has 1 aliphatic heterocycles. The van der Waals surface area contributed by atoms with E-state index in [2.05, 4.69) is 24.4 Å². The number of benzene rings is 1. The van der Waals surface area contributed by atoms with Crippen molar-refractivity contribution in [2.24, 2.45) is 0 Å². The first-order valence-corrected chi connectivity index (χ1v) is 8.46. The van der Waals surface area contributed by atoms with Gasteiger partial charge in [0.25, 0.3) is 0 Å². The summed E-state index contributed by atoms with van der Waals surface area (Å²) >= 11 is 0. The van der Waals surface area contributed by atoms with Gasteiger partial charge < -0.3 is 14.8 Å². The Morgan fingerprint density at radius 1 is 1.14 bits per heavy atom. The van der Waals surface area contributed by atoms with E-state index in [0.717, 1.165) is 38.3 Å². The Labute approximate surface area is 129 Å². The minimum absolute atomic E-state index is 0.0544. The molecule has 0 aliphatic carbocycles. The minimum Gasteiger partial charge on any atom is -0.465 e. The van der Waals surface area contributed by atoms with Crippen LogP contribution in [0, 0.1) is 0 Å². The number of unbranched alkanes of at least 4 members (excludes halogenated alkanes) is 3. The van der Waals surface area contributed by atoms with E-state index in [0.29, 0.717) is 0 Å². The monoisotopic (exact) mass is 291 g/mol. The van der Waals surface area contributed by atoms with E-state index >= 15 is 0 Å². The first-order chi connectivity index (χ1) is 10.4. The lowest BCUT2D eigenvalue weighted by Gasteiger charge is -2.23. The van der Waals surface area contributed by atoms with Gasteiger partial charge in [0.1, 0.15) is 5.75 Å². The van der Waals surface area contributed by atoms with Crippen LogP contribution in [-0.4, -0.2) is 19.4 Å². The van der Waals surface area contributed by atoms with Crippen LogP contribution < -0.4 is 10.1 Å². The summed E-state index contributed by atoms with van der Waals surface area (Å²) < 4.78 is 11.4. The minimum atomic E-state index is -0.0544. The first-order valence-electron chi connectivity index (χ1n) is 8.46. The summed E-state index contributed by atoms with van der Waals surface area (Å²) in [7, 11) is 0. The Kier molecular flexibility index (Phi) is 7.61. The third-order valence-electron chi connectivity index (χ3n) is 3.87. The van der Waals surface area contributed by atoms with Crippen molar-refractivity contribution in [3.63, 3.8) is 0 Å². The second kappa shape index (κ2) is 9.80. The first kappa shape index (κ1) is 16.3. The van der Waals surface area contributed by atoms with E-state index in [-0.39, 0.29) is 6.29 Å². The molecule has 1 fully saturated rings. The van der Waals surface area contributed by atoms with Gasteiger partial charge in [-0.2, -0.15) is 0 Å². The van der Waals surface area contributed by atoms with Gasteiger partial charge in [-0.05, 0) is 43.5 Å². The molecule has 0 bridgehead atoms. The van der Waals surface area contributed by atoms with Crippen LogP contribution in [0.15, 0.2) is 24.3 Å². The maximum Gasteiger partial charge on any atom is 0.199 e. The third-order valence-corrected chi connectivity index (χ3v) is 3.87. The fraction of sp³-hybridized carbons (Fsp3) is 0.667. The van der Waals surface area contributed by atoms with E-state index < -0.39 is 0 Å². The quantitative estimate of drug-likeness (QED) is 0.690. The SMILES string of the molecule is CCCCCCNCc1ccc(OC2CCCCO2)cc1. The highest BCUT2D eigenvalue weighted by atomic mass is 16.7. The van der Waals surface area contributed by atoms with Gasteiger partial charge in [-0.25, -0.2) is 0 Å². The molecule has 0 spiro atoms. The second-order valence-electron chi connectivity index (χ2n) is 5.80. The Bertz CT molecular complexity index is 371. The van der Waals surface area contributed by atoms with Gasteiger partial charge in [0, 0.05) is 13.0 Å². The summed E-state index contributed by atoms with van der Waals surface area (Å²) in [6, 6.07) is 8.37. The molecule has 3 heteroatoms. The van der Waals surface area contributed by atoms with E-state index in [4.69, 9.17) is 9.47 Å². The van der Waals surface area contributed by atoms with Gasteiger partial charge in [-0.3, -0.25) is 0 Å². The standard InChI is InChI=1S/C18H29NO2/c1-2-3-4-6-13-19-15-16-9-11-17(12-10-16)21-18-8-5-7-14-20-18/h9-12,18-19H,2-8,13-15H2,1H3. The number of rotatable bonds is 9. The van der Waals surface area contributed by atoms with Gasteiger partial charge in [0.15, 0.2) is 6.29 Å². The van der Waals surface area contributed by atoms with Crippen LogP contribution in [-0.2, 0) is 11.3 Å². The van der Waals surface area contributed by atoms with Crippen LogP contribution in [0.1, 0.15) is 57.4 Å². The topological polar surface area (TPSA) is 30.5 Å². The molecule has 1 unspecified atom stereocenters. The van der Waals surface area contributed by atoms with Crippen LogP contribution in [0.25, 0.3) is 0 Å². The molecule has 1 aromatic carbocycles. The molecule has 1 heterocycles. The Balaban J connectivity index is 1.64. The molecule has 0 radical (unpaired) electrons. The van der Waals surface area contributed by atoms with Crippen molar-refractivity contribution in [3.8, 4) is 5.75 Å². The van der Waals surface area contributed by atoms with Crippen LogP contribution in [0.4, 0.5) is 0 Å². The van der Waals surface area contributed by atoms with E-state index in [1.54, 1.807) is 0 Å². The molecule has 1 atom stereocenters. The predicted molar refractivity (Wildman–Crippen MR) is 86.5 cm³/mol. The van der Waals surface area contributed by atoms with Crippen molar-refractivity contribution in [3.05, 3.63) is 29.8 Å². The molecule has 0 amide bonds. The zero-order chi connectivity index (χ0) is 14.8. The third kappa shape index (κ3) is 6.49. The summed E-state index contributed by atoms with van der Waals surface area (Å²) in [4.78, 5) is 0.